The van der Waals surface area contributed by atoms with Gasteiger partial charge in [0.2, 0.25) is 11.8 Å². The molecule has 0 saturated carbocycles. The van der Waals surface area contributed by atoms with Crippen LogP contribution in [0.4, 0.5) is 10.5 Å². The SMILES string of the molecule is CC(=O)N[C@H](C(=O)N[C@](C=O)(CCCNC(N)=O)CNc1ccc(COC(C)=O)cc1)C(C)C. The van der Waals surface area contributed by atoms with Crippen molar-refractivity contribution in [2.45, 2.75) is 58.7 Å². The van der Waals surface area contributed by atoms with Crippen molar-refractivity contribution in [1.29, 1.82) is 0 Å². The summed E-state index contributed by atoms with van der Waals surface area (Å²) in [4.78, 5) is 58.7. The minimum absolute atomic E-state index is 0.0625. The van der Waals surface area contributed by atoms with Crippen molar-refractivity contribution >= 4 is 35.8 Å². The topological polar surface area (TPSA) is 169 Å². The average Bonchev–Trinajstić information content (AvgIpc) is 2.77. The first-order valence-corrected chi connectivity index (χ1v) is 11.0. The van der Waals surface area contributed by atoms with E-state index < -0.39 is 23.5 Å². The van der Waals surface area contributed by atoms with E-state index in [0.29, 0.717) is 18.4 Å². The number of amides is 4. The van der Waals surface area contributed by atoms with Crippen LogP contribution >= 0.6 is 0 Å². The van der Waals surface area contributed by atoms with E-state index in [1.54, 1.807) is 38.1 Å². The molecule has 1 aromatic rings. The van der Waals surface area contributed by atoms with Crippen LogP contribution in [-0.4, -0.2) is 54.8 Å². The van der Waals surface area contributed by atoms with Gasteiger partial charge in [-0.1, -0.05) is 26.0 Å². The summed E-state index contributed by atoms with van der Waals surface area (Å²) in [7, 11) is 0. The van der Waals surface area contributed by atoms with Gasteiger partial charge < -0.3 is 36.5 Å². The predicted molar refractivity (Wildman–Crippen MR) is 127 cm³/mol. The van der Waals surface area contributed by atoms with E-state index >= 15 is 0 Å². The third-order valence-electron chi connectivity index (χ3n) is 5.01. The molecule has 0 saturated heterocycles. The van der Waals surface area contributed by atoms with E-state index in [2.05, 4.69) is 21.3 Å². The fourth-order valence-electron chi connectivity index (χ4n) is 3.18. The molecule has 6 N–H and O–H groups in total. The Bertz CT molecular complexity index is 858. The van der Waals surface area contributed by atoms with Crippen molar-refractivity contribution in [1.82, 2.24) is 16.0 Å². The van der Waals surface area contributed by atoms with Gasteiger partial charge in [0.1, 0.15) is 24.5 Å². The van der Waals surface area contributed by atoms with Gasteiger partial charge in [0.25, 0.3) is 0 Å². The third kappa shape index (κ3) is 10.3. The average molecular weight is 478 g/mol. The largest absolute Gasteiger partial charge is 0.461 e. The molecule has 34 heavy (non-hydrogen) atoms. The number of esters is 1. The van der Waals surface area contributed by atoms with Gasteiger partial charge in [-0.05, 0) is 36.5 Å². The Morgan fingerprint density at radius 1 is 1.12 bits per heavy atom. The van der Waals surface area contributed by atoms with Gasteiger partial charge in [-0.3, -0.25) is 14.4 Å². The summed E-state index contributed by atoms with van der Waals surface area (Å²) in [5.41, 5.74) is 5.26. The molecule has 0 fully saturated rings. The van der Waals surface area contributed by atoms with E-state index in [4.69, 9.17) is 10.5 Å². The number of primary amides is 1. The molecule has 0 heterocycles. The number of aldehydes is 1. The van der Waals surface area contributed by atoms with Gasteiger partial charge in [-0.15, -0.1) is 0 Å². The summed E-state index contributed by atoms with van der Waals surface area (Å²) < 4.78 is 4.96. The maximum absolute atomic E-state index is 13.0. The lowest BCUT2D eigenvalue weighted by Crippen LogP contribution is -2.60. The first kappa shape index (κ1) is 28.4. The Hall–Kier alpha value is -3.63. The second-order valence-electron chi connectivity index (χ2n) is 8.41. The van der Waals surface area contributed by atoms with Crippen molar-refractivity contribution in [3.63, 3.8) is 0 Å². The molecular formula is C23H35N5O6. The Balaban J connectivity index is 2.97. The maximum Gasteiger partial charge on any atom is 0.312 e. The second-order valence-corrected chi connectivity index (χ2v) is 8.41. The van der Waals surface area contributed by atoms with E-state index in [0.717, 1.165) is 5.56 Å². The molecular weight excluding hydrogens is 442 g/mol. The van der Waals surface area contributed by atoms with Crippen LogP contribution in [0.2, 0.25) is 0 Å². The molecule has 0 bridgehead atoms. The van der Waals surface area contributed by atoms with Crippen molar-refractivity contribution in [3.05, 3.63) is 29.8 Å². The highest BCUT2D eigenvalue weighted by Gasteiger charge is 2.35. The third-order valence-corrected chi connectivity index (χ3v) is 5.01. The van der Waals surface area contributed by atoms with E-state index in [-0.39, 0.29) is 43.9 Å². The molecule has 11 heteroatoms. The normalized spacial score (nSPS) is 13.2. The molecule has 11 nitrogen and oxygen atoms in total. The minimum Gasteiger partial charge on any atom is -0.461 e. The van der Waals surface area contributed by atoms with E-state index in [1.165, 1.54) is 13.8 Å². The van der Waals surface area contributed by atoms with Crippen molar-refractivity contribution in [2.24, 2.45) is 11.7 Å². The molecule has 0 spiro atoms. The summed E-state index contributed by atoms with van der Waals surface area (Å²) in [5.74, 6) is -1.43. The number of urea groups is 1. The zero-order valence-electron chi connectivity index (χ0n) is 20.1. The zero-order chi connectivity index (χ0) is 25.7. The fourth-order valence-corrected chi connectivity index (χ4v) is 3.18. The first-order chi connectivity index (χ1) is 16.0. The number of rotatable bonds is 14. The lowest BCUT2D eigenvalue weighted by Gasteiger charge is -2.33. The number of nitrogens with two attached hydrogens (primary N) is 1. The molecule has 0 unspecified atom stereocenters. The van der Waals surface area contributed by atoms with Gasteiger partial charge in [0.05, 0.1) is 0 Å². The molecule has 188 valence electrons. The predicted octanol–water partition coefficient (Wildman–Crippen LogP) is 0.825. The second kappa shape index (κ2) is 13.8. The van der Waals surface area contributed by atoms with Gasteiger partial charge in [0.15, 0.2) is 0 Å². The summed E-state index contributed by atoms with van der Waals surface area (Å²) in [5, 5.41) is 11.0. The van der Waals surface area contributed by atoms with Crippen LogP contribution in [0, 0.1) is 5.92 Å². The van der Waals surface area contributed by atoms with Crippen LogP contribution in [0.1, 0.15) is 46.1 Å². The summed E-state index contributed by atoms with van der Waals surface area (Å²) in [6.07, 6.45) is 1.24. The number of hydrogen-bond acceptors (Lipinski definition) is 7. The number of benzene rings is 1. The molecule has 1 aromatic carbocycles. The smallest absolute Gasteiger partial charge is 0.312 e. The van der Waals surface area contributed by atoms with Crippen molar-refractivity contribution in [2.75, 3.05) is 18.4 Å². The highest BCUT2D eigenvalue weighted by Crippen LogP contribution is 2.16. The molecule has 2 atom stereocenters. The number of carbonyl (C=O) groups is 5. The van der Waals surface area contributed by atoms with Crippen LogP contribution in [-0.2, 0) is 30.5 Å². The minimum atomic E-state index is -1.31. The number of nitrogens with one attached hydrogen (secondary N) is 4. The molecule has 0 aliphatic heterocycles. The van der Waals surface area contributed by atoms with E-state index in [9.17, 15) is 24.0 Å². The Morgan fingerprint density at radius 2 is 1.76 bits per heavy atom. The highest BCUT2D eigenvalue weighted by molar-refractivity contribution is 5.90. The van der Waals surface area contributed by atoms with Crippen LogP contribution in [0.15, 0.2) is 24.3 Å². The molecule has 4 amide bonds. The molecule has 0 aliphatic carbocycles. The van der Waals surface area contributed by atoms with Gasteiger partial charge in [-0.25, -0.2) is 4.79 Å². The number of anilines is 1. The maximum atomic E-state index is 13.0. The lowest BCUT2D eigenvalue weighted by atomic mass is 9.92. The van der Waals surface area contributed by atoms with Gasteiger partial charge in [0, 0.05) is 32.6 Å². The Kier molecular flexibility index (Phi) is 11.5. The molecule has 0 aliphatic rings. The van der Waals surface area contributed by atoms with Crippen LogP contribution in [0.5, 0.6) is 0 Å². The highest BCUT2D eigenvalue weighted by atomic mass is 16.5. The first-order valence-electron chi connectivity index (χ1n) is 11.0. The number of hydrogen-bond donors (Lipinski definition) is 5. The fraction of sp³-hybridized carbons (Fsp3) is 0.522. The van der Waals surface area contributed by atoms with Gasteiger partial charge in [-0.2, -0.15) is 0 Å². The number of ether oxygens (including phenoxy) is 1. The van der Waals surface area contributed by atoms with E-state index in [1.807, 2.05) is 0 Å². The van der Waals surface area contributed by atoms with Crippen LogP contribution < -0.4 is 27.0 Å². The number of carbonyl (C=O) groups excluding carboxylic acids is 5. The van der Waals surface area contributed by atoms with Gasteiger partial charge >= 0.3 is 12.0 Å². The lowest BCUT2D eigenvalue weighted by molar-refractivity contribution is -0.142. The monoisotopic (exact) mass is 477 g/mol. The van der Waals surface area contributed by atoms with Crippen molar-refractivity contribution < 1.29 is 28.7 Å². The molecule has 1 rings (SSSR count). The summed E-state index contributed by atoms with van der Waals surface area (Å²) >= 11 is 0. The zero-order valence-corrected chi connectivity index (χ0v) is 20.1. The summed E-state index contributed by atoms with van der Waals surface area (Å²) in [6.45, 7) is 6.66. The standard InChI is InChI=1S/C23H35N5O6/c1-15(2)20(27-16(3)30)21(32)28-23(14-29,10-5-11-25-22(24)33)13-26-19-8-6-18(7-9-19)12-34-17(4)31/h6-9,14-15,20,26H,5,10-13H2,1-4H3,(H,27,30)(H,28,32)(H3,24,25,33)/t20-,23+/m0/s1. The molecule has 0 radical (unpaired) electrons. The van der Waals surface area contributed by atoms with Crippen molar-refractivity contribution in [3.8, 4) is 0 Å². The molecule has 0 aromatic heterocycles. The quantitative estimate of drug-likeness (QED) is 0.150. The Morgan fingerprint density at radius 3 is 2.26 bits per heavy atom. The summed E-state index contributed by atoms with van der Waals surface area (Å²) in [6, 6.07) is 5.57. The Labute approximate surface area is 199 Å². The van der Waals surface area contributed by atoms with Crippen LogP contribution in [0.25, 0.3) is 0 Å². The van der Waals surface area contributed by atoms with Crippen LogP contribution in [0.3, 0.4) is 0 Å².